The van der Waals surface area contributed by atoms with Crippen molar-refractivity contribution < 1.29 is 5.11 Å². The molecule has 0 spiro atoms. The highest BCUT2D eigenvalue weighted by Gasteiger charge is 2.30. The number of hydrogen-bond acceptors (Lipinski definition) is 2. The predicted molar refractivity (Wildman–Crippen MR) is 71.5 cm³/mol. The van der Waals surface area contributed by atoms with E-state index in [0.717, 1.165) is 13.0 Å². The Labute approximate surface area is 102 Å². The summed E-state index contributed by atoms with van der Waals surface area (Å²) in [6.45, 7) is 16.0. The molecule has 2 heteroatoms. The van der Waals surface area contributed by atoms with Gasteiger partial charge in [-0.1, -0.05) is 48.5 Å². The van der Waals surface area contributed by atoms with Gasteiger partial charge >= 0.3 is 0 Å². The van der Waals surface area contributed by atoms with E-state index < -0.39 is 0 Å². The maximum atomic E-state index is 10.1. The van der Waals surface area contributed by atoms with Crippen molar-refractivity contribution in [3.05, 3.63) is 0 Å². The molecule has 0 aromatic carbocycles. The predicted octanol–water partition coefficient (Wildman–Crippen LogP) is 3.05. The minimum Gasteiger partial charge on any atom is -0.392 e. The van der Waals surface area contributed by atoms with Crippen molar-refractivity contribution in [3.8, 4) is 0 Å². The summed E-state index contributed by atoms with van der Waals surface area (Å²) in [6.07, 6.45) is 0.899. The van der Waals surface area contributed by atoms with E-state index in [4.69, 9.17) is 0 Å². The first-order chi connectivity index (χ1) is 7.22. The molecule has 2 N–H and O–H groups in total. The van der Waals surface area contributed by atoms with Gasteiger partial charge < -0.3 is 10.4 Å². The molecule has 0 aliphatic carbocycles. The lowest BCUT2D eigenvalue weighted by Crippen LogP contribution is -2.46. The minimum absolute atomic E-state index is 0.0591. The first-order valence-electron chi connectivity index (χ1n) is 6.63. The molecule has 0 aliphatic rings. The van der Waals surface area contributed by atoms with Crippen LogP contribution in [0.3, 0.4) is 0 Å². The van der Waals surface area contributed by atoms with Gasteiger partial charge in [0.05, 0.1) is 6.10 Å². The average Bonchev–Trinajstić information content (AvgIpc) is 2.16. The third-order valence-corrected chi connectivity index (χ3v) is 3.50. The van der Waals surface area contributed by atoms with Crippen molar-refractivity contribution in [1.82, 2.24) is 5.32 Å². The minimum atomic E-state index is -0.246. The van der Waals surface area contributed by atoms with Crippen LogP contribution in [-0.2, 0) is 0 Å². The van der Waals surface area contributed by atoms with Crippen molar-refractivity contribution in [3.63, 3.8) is 0 Å². The Kier molecular flexibility index (Phi) is 6.57. The molecule has 0 fully saturated rings. The summed E-state index contributed by atoms with van der Waals surface area (Å²) in [7, 11) is 0. The molecule has 0 radical (unpaired) electrons. The van der Waals surface area contributed by atoms with Crippen molar-refractivity contribution in [2.24, 2.45) is 17.3 Å². The quantitative estimate of drug-likeness (QED) is 0.703. The van der Waals surface area contributed by atoms with Crippen LogP contribution in [0.25, 0.3) is 0 Å². The Morgan fingerprint density at radius 2 is 1.56 bits per heavy atom. The summed E-state index contributed by atoms with van der Waals surface area (Å²) in [4.78, 5) is 0. The molecule has 2 unspecified atom stereocenters. The lowest BCUT2D eigenvalue weighted by molar-refractivity contribution is 0.0112. The Hall–Kier alpha value is -0.0800. The Morgan fingerprint density at radius 1 is 1.06 bits per heavy atom. The number of hydrogen-bond donors (Lipinski definition) is 2. The van der Waals surface area contributed by atoms with Crippen LogP contribution in [-0.4, -0.2) is 23.8 Å². The third-order valence-electron chi connectivity index (χ3n) is 3.50. The molecular weight excluding hydrogens is 198 g/mol. The number of aliphatic hydroxyl groups is 1. The lowest BCUT2D eigenvalue weighted by atomic mass is 9.80. The van der Waals surface area contributed by atoms with E-state index >= 15 is 0 Å². The summed E-state index contributed by atoms with van der Waals surface area (Å²) in [6, 6.07) is 0.554. The normalized spacial score (nSPS) is 16.9. The fourth-order valence-corrected chi connectivity index (χ4v) is 2.25. The molecule has 16 heavy (non-hydrogen) atoms. The molecule has 0 saturated heterocycles. The molecule has 2 atom stereocenters. The fraction of sp³-hybridized carbons (Fsp3) is 1.00. The number of rotatable bonds is 7. The second kappa shape index (κ2) is 6.61. The van der Waals surface area contributed by atoms with E-state index in [1.54, 1.807) is 0 Å². The Balaban J connectivity index is 4.26. The Bertz CT molecular complexity index is 187. The van der Waals surface area contributed by atoms with Crippen molar-refractivity contribution >= 4 is 0 Å². The van der Waals surface area contributed by atoms with Gasteiger partial charge in [-0.15, -0.1) is 0 Å². The first kappa shape index (κ1) is 15.9. The zero-order chi connectivity index (χ0) is 12.9. The second-order valence-corrected chi connectivity index (χ2v) is 6.32. The van der Waals surface area contributed by atoms with Crippen LogP contribution in [0.5, 0.6) is 0 Å². The molecule has 0 aromatic heterocycles. The van der Waals surface area contributed by atoms with E-state index in [-0.39, 0.29) is 11.5 Å². The van der Waals surface area contributed by atoms with E-state index in [2.05, 4.69) is 53.8 Å². The third kappa shape index (κ3) is 4.84. The number of aliphatic hydroxyl groups excluding tert-OH is 1. The zero-order valence-corrected chi connectivity index (χ0v) is 12.2. The van der Waals surface area contributed by atoms with Crippen molar-refractivity contribution in [2.75, 3.05) is 6.54 Å². The zero-order valence-electron chi connectivity index (χ0n) is 12.2. The summed E-state index contributed by atoms with van der Waals surface area (Å²) in [5, 5.41) is 13.7. The van der Waals surface area contributed by atoms with Crippen LogP contribution in [0.15, 0.2) is 0 Å². The molecular formula is C14H31NO. The van der Waals surface area contributed by atoms with Crippen molar-refractivity contribution in [2.45, 2.75) is 67.0 Å². The summed E-state index contributed by atoms with van der Waals surface area (Å²) >= 11 is 0. The molecule has 0 amide bonds. The average molecular weight is 229 g/mol. The van der Waals surface area contributed by atoms with Gasteiger partial charge in [0.15, 0.2) is 0 Å². The van der Waals surface area contributed by atoms with Gasteiger partial charge in [-0.3, -0.25) is 0 Å². The highest BCUT2D eigenvalue weighted by Crippen LogP contribution is 2.25. The molecule has 98 valence electrons. The first-order valence-corrected chi connectivity index (χ1v) is 6.63. The van der Waals surface area contributed by atoms with Gasteiger partial charge in [0.25, 0.3) is 0 Å². The highest BCUT2D eigenvalue weighted by molar-refractivity contribution is 4.84. The second-order valence-electron chi connectivity index (χ2n) is 6.32. The van der Waals surface area contributed by atoms with Gasteiger partial charge in [0.1, 0.15) is 0 Å². The van der Waals surface area contributed by atoms with Crippen LogP contribution in [0, 0.1) is 17.3 Å². The van der Waals surface area contributed by atoms with Gasteiger partial charge in [-0.25, -0.2) is 0 Å². The fourth-order valence-electron chi connectivity index (χ4n) is 2.25. The maximum absolute atomic E-state index is 10.1. The monoisotopic (exact) mass is 229 g/mol. The van der Waals surface area contributed by atoms with Gasteiger partial charge in [-0.05, 0) is 18.3 Å². The van der Waals surface area contributed by atoms with Crippen LogP contribution in [0.2, 0.25) is 0 Å². The van der Waals surface area contributed by atoms with E-state index in [1.807, 2.05) is 0 Å². The van der Waals surface area contributed by atoms with Crippen LogP contribution >= 0.6 is 0 Å². The topological polar surface area (TPSA) is 32.3 Å². The molecule has 0 saturated carbocycles. The van der Waals surface area contributed by atoms with E-state index in [1.165, 1.54) is 0 Å². The van der Waals surface area contributed by atoms with Crippen LogP contribution < -0.4 is 5.32 Å². The molecule has 2 nitrogen and oxygen atoms in total. The van der Waals surface area contributed by atoms with E-state index in [0.29, 0.717) is 17.9 Å². The number of nitrogens with one attached hydrogen (secondary N) is 1. The molecule has 0 aromatic rings. The molecule has 0 bridgehead atoms. The summed E-state index contributed by atoms with van der Waals surface area (Å²) in [5.74, 6) is 0.966. The molecule has 0 rings (SSSR count). The largest absolute Gasteiger partial charge is 0.392 e. The van der Waals surface area contributed by atoms with E-state index in [9.17, 15) is 5.11 Å². The lowest BCUT2D eigenvalue weighted by Gasteiger charge is -2.35. The van der Waals surface area contributed by atoms with Crippen molar-refractivity contribution in [1.29, 1.82) is 0 Å². The summed E-state index contributed by atoms with van der Waals surface area (Å²) < 4.78 is 0. The smallest absolute Gasteiger partial charge is 0.0626 e. The molecule has 0 heterocycles. The van der Waals surface area contributed by atoms with Gasteiger partial charge in [0.2, 0.25) is 0 Å². The van der Waals surface area contributed by atoms with Crippen LogP contribution in [0.1, 0.15) is 54.9 Å². The summed E-state index contributed by atoms with van der Waals surface area (Å²) in [5.41, 5.74) is -0.0591. The standard InChI is InChI=1S/C14H31NO/c1-8-12(10(2)3)15-9-14(6,7)13(16)11(4)5/h10-13,15-16H,8-9H2,1-7H3. The van der Waals surface area contributed by atoms with Gasteiger partial charge in [-0.2, -0.15) is 0 Å². The molecule has 0 aliphatic heterocycles. The van der Waals surface area contributed by atoms with Crippen LogP contribution in [0.4, 0.5) is 0 Å². The SMILES string of the molecule is CCC(NCC(C)(C)C(O)C(C)C)C(C)C. The Morgan fingerprint density at radius 3 is 1.88 bits per heavy atom. The van der Waals surface area contributed by atoms with Gasteiger partial charge in [0, 0.05) is 18.0 Å². The maximum Gasteiger partial charge on any atom is 0.0626 e. The highest BCUT2D eigenvalue weighted by atomic mass is 16.3.